The van der Waals surface area contributed by atoms with Gasteiger partial charge in [-0.1, -0.05) is 0 Å². The standard InChI is InChI=1S/C14H20FN3O7/c1-7-5-18(13(23)17-11(7)22)12-9(15)10(21)14(6-19,25-12)24-4-3-16-8(2)20/h5,9-10,12,19,21H,3-4,6H2,1-2H3,(H,16,20)(H,17,22,23)/t9-,10-,12+,14+/m0/s1. The number of carbonyl (C=O) groups excluding carboxylic acids is 1. The van der Waals surface area contributed by atoms with Crippen LogP contribution < -0.4 is 16.6 Å². The van der Waals surface area contributed by atoms with Gasteiger partial charge in [-0.3, -0.25) is 19.1 Å². The van der Waals surface area contributed by atoms with Gasteiger partial charge in [0.25, 0.3) is 5.56 Å². The van der Waals surface area contributed by atoms with E-state index in [-0.39, 0.29) is 24.6 Å². The van der Waals surface area contributed by atoms with Crippen molar-refractivity contribution in [2.75, 3.05) is 19.8 Å². The van der Waals surface area contributed by atoms with Crippen LogP contribution >= 0.6 is 0 Å². The molecule has 0 bridgehead atoms. The van der Waals surface area contributed by atoms with Gasteiger partial charge in [0.2, 0.25) is 11.7 Å². The Morgan fingerprint density at radius 2 is 2.24 bits per heavy atom. The summed E-state index contributed by atoms with van der Waals surface area (Å²) in [6, 6.07) is 0. The minimum atomic E-state index is -2.11. The predicted molar refractivity (Wildman–Crippen MR) is 81.5 cm³/mol. The maximum absolute atomic E-state index is 14.5. The van der Waals surface area contributed by atoms with E-state index < -0.39 is 42.1 Å². The highest BCUT2D eigenvalue weighted by molar-refractivity contribution is 5.72. The third kappa shape index (κ3) is 3.79. The molecule has 1 amide bonds. The Morgan fingerprint density at radius 1 is 1.56 bits per heavy atom. The number of rotatable bonds is 6. The van der Waals surface area contributed by atoms with E-state index in [1.807, 2.05) is 4.98 Å². The number of hydrogen-bond donors (Lipinski definition) is 4. The number of aliphatic hydroxyl groups is 2. The number of ether oxygens (including phenoxy) is 2. The summed E-state index contributed by atoms with van der Waals surface area (Å²) in [5.41, 5.74) is -1.42. The lowest BCUT2D eigenvalue weighted by molar-refractivity contribution is -0.281. The molecule has 4 N–H and O–H groups in total. The number of aryl methyl sites for hydroxylation is 1. The average Bonchev–Trinajstić information content (AvgIpc) is 2.80. The molecule has 1 saturated heterocycles. The van der Waals surface area contributed by atoms with E-state index in [1.54, 1.807) is 0 Å². The molecule has 0 radical (unpaired) electrons. The van der Waals surface area contributed by atoms with Crippen molar-refractivity contribution in [1.29, 1.82) is 0 Å². The first-order valence-electron chi connectivity index (χ1n) is 7.53. The van der Waals surface area contributed by atoms with Crippen molar-refractivity contribution < 1.29 is 28.9 Å². The summed E-state index contributed by atoms with van der Waals surface area (Å²) >= 11 is 0. The number of alkyl halides is 1. The van der Waals surface area contributed by atoms with Gasteiger partial charge in [-0.15, -0.1) is 0 Å². The summed E-state index contributed by atoms with van der Waals surface area (Å²) in [7, 11) is 0. The van der Waals surface area contributed by atoms with Gasteiger partial charge >= 0.3 is 5.69 Å². The fourth-order valence-electron chi connectivity index (χ4n) is 2.47. The molecule has 11 heteroatoms. The Kier molecular flexibility index (Phi) is 5.72. The summed E-state index contributed by atoms with van der Waals surface area (Å²) in [4.78, 5) is 36.1. The maximum atomic E-state index is 14.5. The second-order valence-electron chi connectivity index (χ2n) is 5.68. The SMILES string of the molecule is CC(=O)NCCO[C@]1(CO)O[C@@H](n2cc(C)c(=O)[nH]c2=O)[C@@H](F)[C@@H]1O. The molecule has 10 nitrogen and oxygen atoms in total. The van der Waals surface area contributed by atoms with Crippen LogP contribution in [0.1, 0.15) is 18.7 Å². The van der Waals surface area contributed by atoms with E-state index >= 15 is 0 Å². The Labute approximate surface area is 141 Å². The highest BCUT2D eigenvalue weighted by atomic mass is 19.1. The van der Waals surface area contributed by atoms with Crippen LogP contribution in [0.5, 0.6) is 0 Å². The highest BCUT2D eigenvalue weighted by Crippen LogP contribution is 2.39. The number of nitrogens with one attached hydrogen (secondary N) is 2. The summed E-state index contributed by atoms with van der Waals surface area (Å²) in [5, 5.41) is 22.1. The molecular formula is C14H20FN3O7. The molecule has 1 aliphatic rings. The number of amides is 1. The molecule has 1 aromatic heterocycles. The van der Waals surface area contributed by atoms with Crippen molar-refractivity contribution in [3.63, 3.8) is 0 Å². The lowest BCUT2D eigenvalue weighted by Gasteiger charge is -2.29. The van der Waals surface area contributed by atoms with Crippen LogP contribution in [0.4, 0.5) is 4.39 Å². The smallest absolute Gasteiger partial charge is 0.330 e. The summed E-state index contributed by atoms with van der Waals surface area (Å²) in [5.74, 6) is -2.42. The molecule has 2 rings (SSSR count). The minimum absolute atomic E-state index is 0.0481. The number of aromatic amines is 1. The number of aromatic nitrogens is 2. The van der Waals surface area contributed by atoms with Gasteiger partial charge in [0.05, 0.1) is 6.61 Å². The monoisotopic (exact) mass is 361 g/mol. The van der Waals surface area contributed by atoms with E-state index in [4.69, 9.17) is 9.47 Å². The molecule has 1 aliphatic heterocycles. The van der Waals surface area contributed by atoms with Gasteiger partial charge in [0.15, 0.2) is 12.4 Å². The summed E-state index contributed by atoms with van der Waals surface area (Å²) in [6.45, 7) is 1.70. The lowest BCUT2D eigenvalue weighted by atomic mass is 10.1. The van der Waals surface area contributed by atoms with Gasteiger partial charge in [0.1, 0.15) is 12.7 Å². The normalized spacial score (nSPS) is 28.9. The van der Waals surface area contributed by atoms with Crippen molar-refractivity contribution in [2.24, 2.45) is 0 Å². The van der Waals surface area contributed by atoms with Crippen LogP contribution in [0, 0.1) is 6.92 Å². The van der Waals surface area contributed by atoms with Crippen LogP contribution in [-0.2, 0) is 14.3 Å². The molecule has 140 valence electrons. The van der Waals surface area contributed by atoms with Crippen molar-refractivity contribution in [3.8, 4) is 0 Å². The van der Waals surface area contributed by atoms with Crippen LogP contribution in [0.2, 0.25) is 0 Å². The zero-order valence-electron chi connectivity index (χ0n) is 13.7. The maximum Gasteiger partial charge on any atom is 0.330 e. The highest BCUT2D eigenvalue weighted by Gasteiger charge is 2.57. The fraction of sp³-hybridized carbons (Fsp3) is 0.643. The predicted octanol–water partition coefficient (Wildman–Crippen LogP) is -2.09. The van der Waals surface area contributed by atoms with Crippen molar-refractivity contribution in [1.82, 2.24) is 14.9 Å². The molecule has 25 heavy (non-hydrogen) atoms. The molecule has 1 aromatic rings. The lowest BCUT2D eigenvalue weighted by Crippen LogP contribution is -2.49. The topological polar surface area (TPSA) is 143 Å². The number of halogens is 1. The second kappa shape index (κ2) is 7.44. The van der Waals surface area contributed by atoms with Gasteiger partial charge in [-0.25, -0.2) is 9.18 Å². The first kappa shape index (κ1) is 19.2. The Hall–Kier alpha value is -2.08. The van der Waals surface area contributed by atoms with Crippen LogP contribution in [0.15, 0.2) is 15.8 Å². The Bertz CT molecular complexity index is 749. The second-order valence-corrected chi connectivity index (χ2v) is 5.68. The average molecular weight is 361 g/mol. The number of hydrogen-bond acceptors (Lipinski definition) is 7. The first-order valence-corrected chi connectivity index (χ1v) is 7.53. The number of nitrogens with zero attached hydrogens (tertiary/aromatic N) is 1. The number of H-pyrrole nitrogens is 1. The zero-order valence-corrected chi connectivity index (χ0v) is 13.7. The third-order valence-corrected chi connectivity index (χ3v) is 3.81. The molecule has 0 unspecified atom stereocenters. The zero-order chi connectivity index (χ0) is 18.8. The quantitative estimate of drug-likeness (QED) is 0.426. The number of aliphatic hydroxyl groups excluding tert-OH is 2. The van der Waals surface area contributed by atoms with E-state index in [0.717, 1.165) is 10.8 Å². The molecule has 0 saturated carbocycles. The van der Waals surface area contributed by atoms with E-state index in [0.29, 0.717) is 0 Å². The summed E-state index contributed by atoms with van der Waals surface area (Å²) in [6.07, 6.45) is -4.50. The van der Waals surface area contributed by atoms with Gasteiger partial charge in [-0.2, -0.15) is 0 Å². The minimum Gasteiger partial charge on any atom is -0.391 e. The van der Waals surface area contributed by atoms with E-state index in [9.17, 15) is 29.0 Å². The van der Waals surface area contributed by atoms with E-state index in [2.05, 4.69) is 5.32 Å². The molecule has 2 heterocycles. The van der Waals surface area contributed by atoms with E-state index in [1.165, 1.54) is 13.8 Å². The molecule has 4 atom stereocenters. The Morgan fingerprint density at radius 3 is 2.84 bits per heavy atom. The molecule has 0 aromatic carbocycles. The molecule has 0 spiro atoms. The van der Waals surface area contributed by atoms with Crippen LogP contribution in [0.3, 0.4) is 0 Å². The van der Waals surface area contributed by atoms with Gasteiger partial charge in [-0.05, 0) is 6.92 Å². The van der Waals surface area contributed by atoms with Crippen molar-refractivity contribution in [3.05, 3.63) is 32.6 Å². The number of carbonyl (C=O) groups is 1. The third-order valence-electron chi connectivity index (χ3n) is 3.81. The summed E-state index contributed by atoms with van der Waals surface area (Å²) < 4.78 is 25.9. The molecule has 1 fully saturated rings. The molecular weight excluding hydrogens is 341 g/mol. The first-order chi connectivity index (χ1) is 11.7. The van der Waals surface area contributed by atoms with Gasteiger partial charge in [0, 0.05) is 25.2 Å². The van der Waals surface area contributed by atoms with Crippen molar-refractivity contribution >= 4 is 5.91 Å². The van der Waals surface area contributed by atoms with Gasteiger partial charge < -0.3 is 25.0 Å². The van der Waals surface area contributed by atoms with Crippen LogP contribution in [-0.4, -0.2) is 63.5 Å². The Balaban J connectivity index is 2.23. The van der Waals surface area contributed by atoms with Crippen LogP contribution in [0.25, 0.3) is 0 Å². The largest absolute Gasteiger partial charge is 0.391 e. The fourth-order valence-corrected chi connectivity index (χ4v) is 2.47. The van der Waals surface area contributed by atoms with Crippen molar-refractivity contribution in [2.45, 2.75) is 38.1 Å². The molecule has 0 aliphatic carbocycles.